The van der Waals surface area contributed by atoms with E-state index in [-0.39, 0.29) is 12.1 Å². The Morgan fingerprint density at radius 3 is 2.47 bits per heavy atom. The molecule has 13 nitrogen and oxygen atoms in total. The van der Waals surface area contributed by atoms with Gasteiger partial charge in [-0.3, -0.25) is 19.3 Å². The van der Waals surface area contributed by atoms with Crippen LogP contribution < -0.4 is 26.4 Å². The van der Waals surface area contributed by atoms with Crippen molar-refractivity contribution in [2.45, 2.75) is 31.0 Å². The van der Waals surface area contributed by atoms with E-state index >= 15 is 0 Å². The molecule has 2 aromatic carbocycles. The van der Waals surface area contributed by atoms with Gasteiger partial charge in [-0.15, -0.1) is 0 Å². The summed E-state index contributed by atoms with van der Waals surface area (Å²) in [5.41, 5.74) is 11.5. The number of anilines is 1. The first kappa shape index (κ1) is 28.1. The number of nitrogens with zero attached hydrogens (tertiary/aromatic N) is 3. The number of imidazole rings is 1. The van der Waals surface area contributed by atoms with Crippen LogP contribution in [0.1, 0.15) is 24.0 Å². The fourth-order valence-electron chi connectivity index (χ4n) is 3.95. The molecule has 1 unspecified atom stereocenters. The number of benzene rings is 2. The van der Waals surface area contributed by atoms with Crippen molar-refractivity contribution in [2.24, 2.45) is 18.5 Å². The maximum absolute atomic E-state index is 13.2. The van der Waals surface area contributed by atoms with E-state index in [1.807, 2.05) is 18.2 Å². The number of hydrogen-bond acceptors (Lipinski definition) is 8. The van der Waals surface area contributed by atoms with Crippen molar-refractivity contribution in [3.05, 3.63) is 53.6 Å². The Morgan fingerprint density at radius 2 is 1.87 bits per heavy atom. The molecule has 0 saturated carbocycles. The van der Waals surface area contributed by atoms with Crippen LogP contribution >= 0.6 is 0 Å². The summed E-state index contributed by atoms with van der Waals surface area (Å²) in [6.45, 7) is -0.119. The van der Waals surface area contributed by atoms with Crippen molar-refractivity contribution in [2.75, 3.05) is 19.1 Å². The smallest absolute Gasteiger partial charge is 0.328 e. The third kappa shape index (κ3) is 5.74. The summed E-state index contributed by atoms with van der Waals surface area (Å²) in [7, 11) is 4.63. The van der Waals surface area contributed by atoms with Crippen molar-refractivity contribution in [1.29, 1.82) is 0 Å². The number of carboxylic acids is 2. The van der Waals surface area contributed by atoms with E-state index in [0.717, 1.165) is 5.52 Å². The quantitative estimate of drug-likeness (QED) is 0.231. The van der Waals surface area contributed by atoms with Crippen LogP contribution in [0.2, 0.25) is 0 Å². The molecule has 38 heavy (non-hydrogen) atoms. The second kappa shape index (κ2) is 11.3. The highest BCUT2D eigenvalue weighted by molar-refractivity contribution is 5.97. The average molecular weight is 527 g/mol. The second-order valence-electron chi connectivity index (χ2n) is 8.82. The van der Waals surface area contributed by atoms with Crippen molar-refractivity contribution in [1.82, 2.24) is 14.9 Å². The molecule has 3 rings (SSSR count). The van der Waals surface area contributed by atoms with Gasteiger partial charge in [-0.25, -0.2) is 9.78 Å². The molecule has 0 fully saturated rings. The molecular weight excluding hydrogens is 496 g/mol. The number of aromatic nitrogens is 2. The molecule has 0 aliphatic heterocycles. The maximum Gasteiger partial charge on any atom is 0.328 e. The van der Waals surface area contributed by atoms with Gasteiger partial charge in [0, 0.05) is 26.2 Å². The number of nitrogens with one attached hydrogen (secondary N) is 1. The van der Waals surface area contributed by atoms with Crippen LogP contribution in [-0.2, 0) is 38.3 Å². The Bertz CT molecular complexity index is 1390. The summed E-state index contributed by atoms with van der Waals surface area (Å²) < 4.78 is 7.02. The summed E-state index contributed by atoms with van der Waals surface area (Å²) in [6.07, 6.45) is -1.04. The first-order chi connectivity index (χ1) is 17.9. The number of ether oxygens (including phenoxy) is 1. The van der Waals surface area contributed by atoms with Gasteiger partial charge in [0.1, 0.15) is 17.3 Å². The van der Waals surface area contributed by atoms with Gasteiger partial charge in [0.25, 0.3) is 0 Å². The number of rotatable bonds is 11. The van der Waals surface area contributed by atoms with Gasteiger partial charge in [0.15, 0.2) is 0 Å². The summed E-state index contributed by atoms with van der Waals surface area (Å²) in [6, 6.07) is 10.3. The van der Waals surface area contributed by atoms with E-state index < -0.39 is 48.2 Å². The van der Waals surface area contributed by atoms with E-state index in [1.165, 1.54) is 37.3 Å². The van der Waals surface area contributed by atoms with Crippen LogP contribution in [0.4, 0.5) is 5.95 Å². The number of aryl methyl sites for hydroxylation is 1. The molecule has 1 heterocycles. The molecule has 0 aliphatic carbocycles. The van der Waals surface area contributed by atoms with Crippen LogP contribution in [0.5, 0.6) is 5.75 Å². The van der Waals surface area contributed by atoms with Crippen molar-refractivity contribution < 1.29 is 34.1 Å². The van der Waals surface area contributed by atoms with Crippen LogP contribution in [0.25, 0.3) is 11.0 Å². The van der Waals surface area contributed by atoms with Gasteiger partial charge < -0.3 is 36.3 Å². The lowest BCUT2D eigenvalue weighted by atomic mass is 9.86. The fraction of sp³-hybridized carbons (Fsp3) is 0.320. The third-order valence-electron chi connectivity index (χ3n) is 6.24. The number of hydrogen-bond donors (Lipinski definition) is 5. The van der Waals surface area contributed by atoms with Gasteiger partial charge in [0.2, 0.25) is 17.8 Å². The maximum atomic E-state index is 13.2. The zero-order chi connectivity index (χ0) is 28.2. The van der Waals surface area contributed by atoms with Crippen LogP contribution in [0.15, 0.2) is 42.5 Å². The first-order valence-corrected chi connectivity index (χ1v) is 11.5. The van der Waals surface area contributed by atoms with Gasteiger partial charge in [-0.1, -0.05) is 18.2 Å². The Hall–Kier alpha value is -4.49. The summed E-state index contributed by atoms with van der Waals surface area (Å²) in [5, 5.41) is 21.5. The predicted molar refractivity (Wildman–Crippen MR) is 137 cm³/mol. The number of nitrogens with two attached hydrogens (primary N) is 2. The van der Waals surface area contributed by atoms with E-state index in [2.05, 4.69) is 10.3 Å². The fourth-order valence-corrected chi connectivity index (χ4v) is 3.95. The Morgan fingerprint density at radius 1 is 1.18 bits per heavy atom. The highest BCUT2D eigenvalue weighted by Gasteiger charge is 2.40. The van der Waals surface area contributed by atoms with Crippen molar-refractivity contribution in [3.8, 4) is 5.75 Å². The van der Waals surface area contributed by atoms with E-state index in [4.69, 9.17) is 21.3 Å². The van der Waals surface area contributed by atoms with Gasteiger partial charge >= 0.3 is 11.9 Å². The SMILES string of the molecule is COc1ccc(C(N)(CC(=O)N(C)c2nc3ccccc3n2C)C(=O)O)cc1CNC(=O)C[C@H](N)C(=O)O. The number of carbonyl (C=O) groups excluding carboxylic acids is 2. The lowest BCUT2D eigenvalue weighted by Crippen LogP contribution is -2.49. The van der Waals surface area contributed by atoms with E-state index in [9.17, 15) is 24.3 Å². The second-order valence-corrected chi connectivity index (χ2v) is 8.82. The van der Waals surface area contributed by atoms with E-state index in [1.54, 1.807) is 17.7 Å². The third-order valence-corrected chi connectivity index (χ3v) is 6.24. The number of carboxylic acid groups (broad SMARTS) is 2. The topological polar surface area (TPSA) is 203 Å². The summed E-state index contributed by atoms with van der Waals surface area (Å²) in [5.74, 6) is -3.31. The zero-order valence-electron chi connectivity index (χ0n) is 21.2. The number of aliphatic carboxylic acids is 2. The molecule has 0 radical (unpaired) electrons. The lowest BCUT2D eigenvalue weighted by Gasteiger charge is -2.28. The Labute approximate surface area is 218 Å². The highest BCUT2D eigenvalue weighted by atomic mass is 16.5. The van der Waals surface area contributed by atoms with Gasteiger partial charge in [0.05, 0.1) is 31.0 Å². The number of methoxy groups -OCH3 is 1. The lowest BCUT2D eigenvalue weighted by molar-refractivity contribution is -0.146. The largest absolute Gasteiger partial charge is 0.496 e. The molecule has 202 valence electrons. The van der Waals surface area contributed by atoms with Crippen LogP contribution in [-0.4, -0.2) is 63.7 Å². The minimum Gasteiger partial charge on any atom is -0.496 e. The Balaban J connectivity index is 1.86. The standard InChI is InChI=1S/C25H30N6O7/c1-30-18-7-5-4-6-17(18)29-24(30)31(2)21(33)12-25(27,23(36)37)15-8-9-19(38-3)14(10-15)13-28-20(32)11-16(26)22(34)35/h4-10,16H,11-13,26-27H2,1-3H3,(H,28,32)(H,34,35)(H,36,37)/t16-,25?/m0/s1. The number of fused-ring (bicyclic) bond motifs is 1. The molecular formula is C25H30N6O7. The number of carbonyl (C=O) groups is 4. The van der Waals surface area contributed by atoms with E-state index in [0.29, 0.717) is 22.8 Å². The van der Waals surface area contributed by atoms with Crippen LogP contribution in [0.3, 0.4) is 0 Å². The van der Waals surface area contributed by atoms with Crippen LogP contribution in [0, 0.1) is 0 Å². The van der Waals surface area contributed by atoms with Crippen molar-refractivity contribution >= 4 is 40.7 Å². The first-order valence-electron chi connectivity index (χ1n) is 11.5. The van der Waals surface area contributed by atoms with Gasteiger partial charge in [-0.05, 0) is 29.8 Å². The molecule has 7 N–H and O–H groups in total. The van der Waals surface area contributed by atoms with Gasteiger partial charge in [-0.2, -0.15) is 0 Å². The number of para-hydroxylation sites is 2. The minimum absolute atomic E-state index is 0.101. The molecule has 0 bridgehead atoms. The summed E-state index contributed by atoms with van der Waals surface area (Å²) >= 11 is 0. The summed E-state index contributed by atoms with van der Waals surface area (Å²) in [4.78, 5) is 54.3. The zero-order valence-corrected chi connectivity index (χ0v) is 21.2. The Kier molecular flexibility index (Phi) is 8.33. The molecule has 2 amide bonds. The number of amides is 2. The monoisotopic (exact) mass is 526 g/mol. The predicted octanol–water partition coefficient (Wildman–Crippen LogP) is 0.292. The molecule has 0 aliphatic rings. The molecule has 3 aromatic rings. The molecule has 2 atom stereocenters. The molecule has 0 spiro atoms. The minimum atomic E-state index is -2.12. The molecule has 1 aromatic heterocycles. The average Bonchev–Trinajstić information content (AvgIpc) is 3.22. The van der Waals surface area contributed by atoms with Crippen molar-refractivity contribution in [3.63, 3.8) is 0 Å². The normalized spacial score (nSPS) is 13.4. The molecule has 0 saturated heterocycles. The molecule has 13 heteroatoms. The highest BCUT2D eigenvalue weighted by Crippen LogP contribution is 2.30.